The van der Waals surface area contributed by atoms with Crippen molar-refractivity contribution in [1.29, 1.82) is 0 Å². The van der Waals surface area contributed by atoms with E-state index < -0.39 is 35.9 Å². The molecule has 28 heavy (non-hydrogen) atoms. The van der Waals surface area contributed by atoms with Crippen LogP contribution < -0.4 is 20.1 Å². The van der Waals surface area contributed by atoms with Crippen LogP contribution in [-0.2, 0) is 15.8 Å². The predicted molar refractivity (Wildman–Crippen MR) is 96.3 cm³/mol. The van der Waals surface area contributed by atoms with Crippen LogP contribution in [0.3, 0.4) is 0 Å². The lowest BCUT2D eigenvalue weighted by molar-refractivity contribution is -0.139. The van der Waals surface area contributed by atoms with Gasteiger partial charge in [0, 0.05) is 0 Å². The summed E-state index contributed by atoms with van der Waals surface area (Å²) in [6, 6.07) is 9.77. The SMILES string of the molecule is COc1ccc(C)cc1NC(=O)CNC(=O)COc1ccccc1C(F)(F)F. The van der Waals surface area contributed by atoms with Crippen LogP contribution in [0.2, 0.25) is 0 Å². The normalized spacial score (nSPS) is 10.9. The number of amides is 2. The number of benzene rings is 2. The molecule has 0 atom stereocenters. The van der Waals surface area contributed by atoms with Crippen molar-refractivity contribution in [2.75, 3.05) is 25.6 Å². The van der Waals surface area contributed by atoms with Gasteiger partial charge in [-0.3, -0.25) is 9.59 Å². The van der Waals surface area contributed by atoms with Gasteiger partial charge in [0.15, 0.2) is 6.61 Å². The summed E-state index contributed by atoms with van der Waals surface area (Å²) in [6.45, 7) is 0.807. The Morgan fingerprint density at radius 3 is 2.43 bits per heavy atom. The maximum Gasteiger partial charge on any atom is 0.419 e. The fourth-order valence-corrected chi connectivity index (χ4v) is 2.31. The molecule has 2 aromatic carbocycles. The van der Waals surface area contributed by atoms with Gasteiger partial charge in [-0.25, -0.2) is 0 Å². The van der Waals surface area contributed by atoms with Crippen molar-refractivity contribution in [2.24, 2.45) is 0 Å². The van der Waals surface area contributed by atoms with E-state index in [0.717, 1.165) is 17.7 Å². The first-order chi connectivity index (χ1) is 13.2. The number of nitrogens with one attached hydrogen (secondary N) is 2. The fraction of sp³-hybridized carbons (Fsp3) is 0.263. The van der Waals surface area contributed by atoms with E-state index >= 15 is 0 Å². The highest BCUT2D eigenvalue weighted by molar-refractivity contribution is 5.95. The van der Waals surface area contributed by atoms with Gasteiger partial charge in [-0.15, -0.1) is 0 Å². The maximum atomic E-state index is 12.9. The molecular weight excluding hydrogens is 377 g/mol. The number of halogens is 3. The standard InChI is InChI=1S/C19H19F3N2O4/c1-12-7-8-16(27-2)14(9-12)24-17(25)10-23-18(26)11-28-15-6-4-3-5-13(15)19(20,21)22/h3-9H,10-11H2,1-2H3,(H,23,26)(H,24,25). The Labute approximate surface area is 159 Å². The van der Waals surface area contributed by atoms with Crippen LogP contribution in [0.25, 0.3) is 0 Å². The van der Waals surface area contributed by atoms with E-state index in [9.17, 15) is 22.8 Å². The molecule has 2 amide bonds. The molecular formula is C19H19F3N2O4. The van der Waals surface area contributed by atoms with Crippen molar-refractivity contribution in [1.82, 2.24) is 5.32 Å². The Morgan fingerprint density at radius 2 is 1.75 bits per heavy atom. The van der Waals surface area contributed by atoms with Crippen molar-refractivity contribution in [3.63, 3.8) is 0 Å². The minimum absolute atomic E-state index is 0.375. The third kappa shape index (κ3) is 5.90. The van der Waals surface area contributed by atoms with Crippen LogP contribution in [0.1, 0.15) is 11.1 Å². The summed E-state index contributed by atoms with van der Waals surface area (Å²) in [4.78, 5) is 23.8. The van der Waals surface area contributed by atoms with Gasteiger partial charge in [-0.2, -0.15) is 13.2 Å². The van der Waals surface area contributed by atoms with Gasteiger partial charge in [0.2, 0.25) is 5.91 Å². The van der Waals surface area contributed by atoms with Crippen LogP contribution in [0, 0.1) is 6.92 Å². The number of alkyl halides is 3. The average Bonchev–Trinajstić information content (AvgIpc) is 2.64. The molecule has 0 unspecified atom stereocenters. The zero-order chi connectivity index (χ0) is 20.7. The predicted octanol–water partition coefficient (Wildman–Crippen LogP) is 3.16. The minimum atomic E-state index is -4.60. The van der Waals surface area contributed by atoms with Crippen molar-refractivity contribution in [3.05, 3.63) is 53.6 Å². The molecule has 0 saturated heterocycles. The van der Waals surface area contributed by atoms with E-state index in [4.69, 9.17) is 9.47 Å². The number of para-hydroxylation sites is 1. The number of anilines is 1. The molecule has 0 aliphatic heterocycles. The quantitative estimate of drug-likeness (QED) is 0.754. The van der Waals surface area contributed by atoms with Crippen molar-refractivity contribution in [3.8, 4) is 11.5 Å². The second-order valence-corrected chi connectivity index (χ2v) is 5.81. The molecule has 0 heterocycles. The molecule has 0 bridgehead atoms. The lowest BCUT2D eigenvalue weighted by Gasteiger charge is -2.14. The van der Waals surface area contributed by atoms with Crippen LogP contribution >= 0.6 is 0 Å². The van der Waals surface area contributed by atoms with Gasteiger partial charge in [-0.1, -0.05) is 18.2 Å². The van der Waals surface area contributed by atoms with E-state index in [-0.39, 0.29) is 6.54 Å². The topological polar surface area (TPSA) is 76.7 Å². The second-order valence-electron chi connectivity index (χ2n) is 5.81. The zero-order valence-electron chi connectivity index (χ0n) is 15.2. The molecule has 0 aromatic heterocycles. The highest BCUT2D eigenvalue weighted by Crippen LogP contribution is 2.35. The number of carbonyl (C=O) groups is 2. The van der Waals surface area contributed by atoms with Gasteiger partial charge in [0.25, 0.3) is 5.91 Å². The van der Waals surface area contributed by atoms with Crippen molar-refractivity contribution < 1.29 is 32.2 Å². The van der Waals surface area contributed by atoms with Crippen molar-refractivity contribution in [2.45, 2.75) is 13.1 Å². The minimum Gasteiger partial charge on any atom is -0.495 e. The molecule has 0 saturated carbocycles. The van der Waals surface area contributed by atoms with Gasteiger partial charge < -0.3 is 20.1 Å². The van der Waals surface area contributed by atoms with Crippen LogP contribution in [0.4, 0.5) is 18.9 Å². The number of carbonyl (C=O) groups excluding carboxylic acids is 2. The van der Waals surface area contributed by atoms with Gasteiger partial charge in [0.1, 0.15) is 11.5 Å². The van der Waals surface area contributed by atoms with E-state index in [2.05, 4.69) is 10.6 Å². The molecule has 0 spiro atoms. The van der Waals surface area contributed by atoms with E-state index in [1.165, 1.54) is 19.2 Å². The fourth-order valence-electron chi connectivity index (χ4n) is 2.31. The Kier molecular flexibility index (Phi) is 6.86. The number of aryl methyl sites for hydroxylation is 1. The first kappa shape index (κ1) is 21.1. The summed E-state index contributed by atoms with van der Waals surface area (Å²) in [5.41, 5.74) is 0.362. The first-order valence-electron chi connectivity index (χ1n) is 8.21. The highest BCUT2D eigenvalue weighted by Gasteiger charge is 2.34. The number of methoxy groups -OCH3 is 1. The number of rotatable bonds is 7. The van der Waals surface area contributed by atoms with Gasteiger partial charge in [-0.05, 0) is 36.8 Å². The molecule has 2 N–H and O–H groups in total. The third-order valence-electron chi connectivity index (χ3n) is 3.63. The Morgan fingerprint density at radius 1 is 1.04 bits per heavy atom. The summed E-state index contributed by atoms with van der Waals surface area (Å²) in [5, 5.41) is 4.88. The lowest BCUT2D eigenvalue weighted by Crippen LogP contribution is -2.36. The molecule has 0 radical (unpaired) electrons. The summed E-state index contributed by atoms with van der Waals surface area (Å²) in [6.07, 6.45) is -4.60. The van der Waals surface area contributed by atoms with Crippen molar-refractivity contribution >= 4 is 17.5 Å². The Balaban J connectivity index is 1.87. The Hall–Kier alpha value is -3.23. The number of ether oxygens (including phenoxy) is 2. The van der Waals surface area contributed by atoms with E-state index in [1.54, 1.807) is 12.1 Å². The van der Waals surface area contributed by atoms with E-state index in [0.29, 0.717) is 11.4 Å². The summed E-state index contributed by atoms with van der Waals surface area (Å²) in [5.74, 6) is -1.26. The van der Waals surface area contributed by atoms with Crippen LogP contribution in [0.15, 0.2) is 42.5 Å². The summed E-state index contributed by atoms with van der Waals surface area (Å²) in [7, 11) is 1.46. The van der Waals surface area contributed by atoms with E-state index in [1.807, 2.05) is 13.0 Å². The summed E-state index contributed by atoms with van der Waals surface area (Å²) >= 11 is 0. The molecule has 0 fully saturated rings. The second kappa shape index (κ2) is 9.12. The molecule has 150 valence electrons. The van der Waals surface area contributed by atoms with Gasteiger partial charge >= 0.3 is 6.18 Å². The molecule has 6 nitrogen and oxygen atoms in total. The number of hydrogen-bond acceptors (Lipinski definition) is 4. The van der Waals surface area contributed by atoms with Crippen LogP contribution in [0.5, 0.6) is 11.5 Å². The first-order valence-corrected chi connectivity index (χ1v) is 8.21. The average molecular weight is 396 g/mol. The zero-order valence-corrected chi connectivity index (χ0v) is 15.2. The lowest BCUT2D eigenvalue weighted by atomic mass is 10.2. The van der Waals surface area contributed by atoms with Crippen LogP contribution in [-0.4, -0.2) is 32.1 Å². The molecule has 0 aliphatic rings. The molecule has 2 aromatic rings. The highest BCUT2D eigenvalue weighted by atomic mass is 19.4. The smallest absolute Gasteiger partial charge is 0.419 e. The molecule has 9 heteroatoms. The van der Waals surface area contributed by atoms with Gasteiger partial charge in [0.05, 0.1) is 24.9 Å². The third-order valence-corrected chi connectivity index (χ3v) is 3.63. The molecule has 0 aliphatic carbocycles. The monoisotopic (exact) mass is 396 g/mol. The largest absolute Gasteiger partial charge is 0.495 e. The maximum absolute atomic E-state index is 12.9. The summed E-state index contributed by atoms with van der Waals surface area (Å²) < 4.78 is 48.7. The molecule has 2 rings (SSSR count). The Bertz CT molecular complexity index is 853. The number of hydrogen-bond donors (Lipinski definition) is 2.